The summed E-state index contributed by atoms with van der Waals surface area (Å²) in [7, 11) is 0. The van der Waals surface area contributed by atoms with Crippen molar-refractivity contribution in [2.45, 2.75) is 79.3 Å². The first-order chi connectivity index (χ1) is 9.81. The minimum Gasteiger partial charge on any atom is -0.313 e. The molecule has 5 atom stereocenters. The van der Waals surface area contributed by atoms with Gasteiger partial charge in [0.15, 0.2) is 0 Å². The summed E-state index contributed by atoms with van der Waals surface area (Å²) in [5.74, 6) is 2.61. The Balaban J connectivity index is 2.09. The lowest BCUT2D eigenvalue weighted by Gasteiger charge is -2.49. The van der Waals surface area contributed by atoms with E-state index in [9.17, 15) is 0 Å². The second-order valence-corrected chi connectivity index (χ2v) is 9.01. The fourth-order valence-electron chi connectivity index (χ4n) is 4.82. The van der Waals surface area contributed by atoms with E-state index in [-0.39, 0.29) is 0 Å². The molecular weight excluding hydrogens is 256 g/mol. The summed E-state index contributed by atoms with van der Waals surface area (Å²) < 4.78 is 0. The number of piperidine rings is 1. The molecule has 2 aliphatic rings. The molecule has 2 fully saturated rings. The molecule has 1 aliphatic carbocycles. The van der Waals surface area contributed by atoms with Crippen LogP contribution in [0.25, 0.3) is 0 Å². The van der Waals surface area contributed by atoms with Gasteiger partial charge in [-0.25, -0.2) is 0 Å². The topological polar surface area (TPSA) is 15.3 Å². The second-order valence-electron chi connectivity index (χ2n) is 9.01. The van der Waals surface area contributed by atoms with E-state index >= 15 is 0 Å². The van der Waals surface area contributed by atoms with Gasteiger partial charge in [0, 0.05) is 25.2 Å². The number of nitrogens with zero attached hydrogens (tertiary/aromatic N) is 1. The highest BCUT2D eigenvalue weighted by Crippen LogP contribution is 2.40. The van der Waals surface area contributed by atoms with E-state index in [4.69, 9.17) is 0 Å². The molecular formula is C19H38N2. The predicted molar refractivity (Wildman–Crippen MR) is 92.6 cm³/mol. The van der Waals surface area contributed by atoms with Gasteiger partial charge < -0.3 is 5.32 Å². The zero-order chi connectivity index (χ0) is 15.6. The van der Waals surface area contributed by atoms with Crippen LogP contribution in [0.5, 0.6) is 0 Å². The van der Waals surface area contributed by atoms with Crippen molar-refractivity contribution in [3.05, 3.63) is 0 Å². The van der Waals surface area contributed by atoms with Crippen molar-refractivity contribution >= 4 is 0 Å². The molecule has 0 bridgehead atoms. The second kappa shape index (κ2) is 7.00. The molecule has 2 rings (SSSR count). The fourth-order valence-corrected chi connectivity index (χ4v) is 4.82. The van der Waals surface area contributed by atoms with Crippen molar-refractivity contribution in [2.75, 3.05) is 19.6 Å². The molecule has 0 aromatic heterocycles. The van der Waals surface area contributed by atoms with E-state index in [0.717, 1.165) is 30.3 Å². The van der Waals surface area contributed by atoms with Gasteiger partial charge in [-0.15, -0.1) is 0 Å². The largest absolute Gasteiger partial charge is 0.313 e. The molecule has 1 heterocycles. The smallest absolute Gasteiger partial charge is 0.0252 e. The minimum atomic E-state index is 0.461. The number of hydrogen-bond acceptors (Lipinski definition) is 2. The molecule has 124 valence electrons. The third-order valence-electron chi connectivity index (χ3n) is 5.87. The van der Waals surface area contributed by atoms with Gasteiger partial charge in [0.2, 0.25) is 0 Å². The van der Waals surface area contributed by atoms with Crippen LogP contribution in [0.2, 0.25) is 0 Å². The average molecular weight is 295 g/mol. The summed E-state index contributed by atoms with van der Waals surface area (Å²) in [5, 5.41) is 3.79. The molecule has 0 spiro atoms. The van der Waals surface area contributed by atoms with E-state index in [0.29, 0.717) is 11.5 Å². The molecule has 2 heteroatoms. The van der Waals surface area contributed by atoms with Crippen molar-refractivity contribution in [1.29, 1.82) is 0 Å². The van der Waals surface area contributed by atoms with Gasteiger partial charge in [-0.1, -0.05) is 41.5 Å². The number of rotatable bonds is 3. The zero-order valence-electron chi connectivity index (χ0n) is 15.3. The Morgan fingerprint density at radius 2 is 1.62 bits per heavy atom. The maximum absolute atomic E-state index is 3.79. The average Bonchev–Trinajstić information content (AvgIpc) is 2.37. The number of likely N-dealkylation sites (N-methyl/N-ethyl adjacent to an activating group) is 1. The fraction of sp³-hybridized carbons (Fsp3) is 1.00. The number of hydrogen-bond donors (Lipinski definition) is 1. The molecule has 0 aromatic rings. The minimum absolute atomic E-state index is 0.461. The standard InChI is InChI=1S/C19H38N2/c1-7-20-17-9-8-16(19(4,5)6)11-18(17)21-12-14(2)10-15(3)13-21/h14-18,20H,7-13H2,1-6H3. The molecule has 0 radical (unpaired) electrons. The zero-order valence-corrected chi connectivity index (χ0v) is 15.3. The Morgan fingerprint density at radius 1 is 1.00 bits per heavy atom. The molecule has 2 nitrogen and oxygen atoms in total. The predicted octanol–water partition coefficient (Wildman–Crippen LogP) is 4.16. The van der Waals surface area contributed by atoms with Crippen LogP contribution in [0.1, 0.15) is 67.2 Å². The summed E-state index contributed by atoms with van der Waals surface area (Å²) in [6.45, 7) is 18.2. The van der Waals surface area contributed by atoms with Crippen LogP contribution in [-0.2, 0) is 0 Å². The van der Waals surface area contributed by atoms with Crippen molar-refractivity contribution in [1.82, 2.24) is 10.2 Å². The summed E-state index contributed by atoms with van der Waals surface area (Å²) >= 11 is 0. The highest BCUT2D eigenvalue weighted by atomic mass is 15.2. The summed E-state index contributed by atoms with van der Waals surface area (Å²) in [6, 6.07) is 1.47. The first-order valence-corrected chi connectivity index (χ1v) is 9.28. The van der Waals surface area contributed by atoms with Crippen molar-refractivity contribution in [2.24, 2.45) is 23.2 Å². The Morgan fingerprint density at radius 3 is 2.14 bits per heavy atom. The number of likely N-dealkylation sites (tertiary alicyclic amines) is 1. The van der Waals surface area contributed by atoms with Gasteiger partial charge in [0.05, 0.1) is 0 Å². The Labute approximate surface area is 133 Å². The highest BCUT2D eigenvalue weighted by Gasteiger charge is 2.39. The van der Waals surface area contributed by atoms with Crippen LogP contribution in [0.15, 0.2) is 0 Å². The summed E-state index contributed by atoms with van der Waals surface area (Å²) in [4.78, 5) is 2.84. The van der Waals surface area contributed by atoms with Crippen molar-refractivity contribution in [3.8, 4) is 0 Å². The lowest BCUT2D eigenvalue weighted by molar-refractivity contribution is 0.0215. The highest BCUT2D eigenvalue weighted by molar-refractivity contribution is 4.95. The van der Waals surface area contributed by atoms with E-state index in [2.05, 4.69) is 51.8 Å². The molecule has 0 aromatic carbocycles. The van der Waals surface area contributed by atoms with E-state index < -0.39 is 0 Å². The Hall–Kier alpha value is -0.0800. The third kappa shape index (κ3) is 4.45. The molecule has 1 N–H and O–H groups in total. The van der Waals surface area contributed by atoms with Crippen molar-refractivity contribution < 1.29 is 0 Å². The van der Waals surface area contributed by atoms with Gasteiger partial charge in [0.1, 0.15) is 0 Å². The van der Waals surface area contributed by atoms with Gasteiger partial charge in [0.25, 0.3) is 0 Å². The van der Waals surface area contributed by atoms with Crippen LogP contribution in [0, 0.1) is 23.2 Å². The first kappa shape index (κ1) is 17.3. The molecule has 1 saturated heterocycles. The van der Waals surface area contributed by atoms with E-state index in [1.807, 2.05) is 0 Å². The van der Waals surface area contributed by atoms with E-state index in [1.165, 1.54) is 38.8 Å². The molecule has 1 aliphatic heterocycles. The monoisotopic (exact) mass is 294 g/mol. The Bertz CT molecular complexity index is 310. The summed E-state index contributed by atoms with van der Waals surface area (Å²) in [6.07, 6.45) is 5.56. The number of nitrogens with one attached hydrogen (secondary N) is 1. The first-order valence-electron chi connectivity index (χ1n) is 9.28. The maximum atomic E-state index is 3.79. The van der Waals surface area contributed by atoms with Crippen LogP contribution >= 0.6 is 0 Å². The van der Waals surface area contributed by atoms with Crippen LogP contribution < -0.4 is 5.32 Å². The summed E-state index contributed by atoms with van der Waals surface area (Å²) in [5.41, 5.74) is 0.461. The van der Waals surface area contributed by atoms with Gasteiger partial charge in [-0.05, 0) is 55.4 Å². The van der Waals surface area contributed by atoms with Gasteiger partial charge in [-0.2, -0.15) is 0 Å². The van der Waals surface area contributed by atoms with E-state index in [1.54, 1.807) is 0 Å². The van der Waals surface area contributed by atoms with Gasteiger partial charge in [-0.3, -0.25) is 4.90 Å². The Kier molecular flexibility index (Phi) is 5.76. The molecule has 1 saturated carbocycles. The third-order valence-corrected chi connectivity index (χ3v) is 5.87. The molecule has 21 heavy (non-hydrogen) atoms. The maximum Gasteiger partial charge on any atom is 0.0252 e. The molecule has 0 amide bonds. The van der Waals surface area contributed by atoms with Crippen LogP contribution in [0.4, 0.5) is 0 Å². The van der Waals surface area contributed by atoms with Crippen molar-refractivity contribution in [3.63, 3.8) is 0 Å². The SMILES string of the molecule is CCNC1CCC(C(C)(C)C)CC1N1CC(C)CC(C)C1. The van der Waals surface area contributed by atoms with Gasteiger partial charge >= 0.3 is 0 Å². The van der Waals surface area contributed by atoms with Crippen LogP contribution in [-0.4, -0.2) is 36.6 Å². The quantitative estimate of drug-likeness (QED) is 0.841. The lowest BCUT2D eigenvalue weighted by Crippen LogP contribution is -2.57. The lowest BCUT2D eigenvalue weighted by atomic mass is 9.69. The van der Waals surface area contributed by atoms with Crippen LogP contribution in [0.3, 0.4) is 0 Å². The normalized spacial score (nSPS) is 39.4. The molecule has 5 unspecified atom stereocenters.